The van der Waals surface area contributed by atoms with E-state index in [-0.39, 0.29) is 79.5 Å². The molecule has 95 heavy (non-hydrogen) atoms. The Hall–Kier alpha value is -5.95. The number of aromatic nitrogens is 4. The molecule has 0 spiro atoms. The Morgan fingerprint density at radius 3 is 1.31 bits per heavy atom. The van der Waals surface area contributed by atoms with Crippen molar-refractivity contribution in [1.29, 1.82) is 0 Å². The fourth-order valence-corrected chi connectivity index (χ4v) is 16.3. The molecule has 8 rings (SSSR count). The molecule has 4 aliphatic heterocycles. The van der Waals surface area contributed by atoms with Crippen molar-refractivity contribution in [1.82, 2.24) is 39.6 Å². The molecule has 2 unspecified atom stereocenters. The van der Waals surface area contributed by atoms with Crippen molar-refractivity contribution in [3.05, 3.63) is 95.1 Å². The Kier molecular flexibility index (Phi) is 22.6. The number of anilines is 2. The molecule has 20 nitrogen and oxygen atoms in total. The minimum atomic E-state index is -4.46. The number of pyridine rings is 4. The second-order valence-electron chi connectivity index (χ2n) is 33.7. The molecule has 0 aliphatic carbocycles. The third-order valence-electron chi connectivity index (χ3n) is 18.1. The van der Waals surface area contributed by atoms with Crippen molar-refractivity contribution in [3.63, 3.8) is 0 Å². The molecular weight excluding hydrogens is 1250 g/mol. The van der Waals surface area contributed by atoms with Crippen molar-refractivity contribution in [2.24, 2.45) is 23.7 Å². The van der Waals surface area contributed by atoms with Crippen LogP contribution in [-0.2, 0) is 45.1 Å². The van der Waals surface area contributed by atoms with Crippen molar-refractivity contribution in [2.45, 2.75) is 282 Å². The average molecular weight is 1360 g/mol. The highest BCUT2D eigenvalue weighted by Gasteiger charge is 2.47. The number of likely N-dealkylation sites (tertiary alicyclic amines) is 1. The van der Waals surface area contributed by atoms with Gasteiger partial charge in [0.05, 0.1) is 33.5 Å². The van der Waals surface area contributed by atoms with E-state index in [9.17, 15) is 40.0 Å². The van der Waals surface area contributed by atoms with E-state index < -0.39 is 71.3 Å². The quantitative estimate of drug-likeness (QED) is 0.0580. The predicted octanol–water partition coefficient (Wildman–Crippen LogP) is 13.6. The van der Waals surface area contributed by atoms with E-state index in [0.29, 0.717) is 35.5 Å². The zero-order chi connectivity index (χ0) is 71.1. The largest absolute Gasteiger partial charge is 0.444 e. The lowest BCUT2D eigenvalue weighted by Gasteiger charge is -2.48. The smallest absolute Gasteiger partial charge is 0.410 e. The van der Waals surface area contributed by atoms with Crippen LogP contribution in [0, 0.1) is 35.6 Å². The summed E-state index contributed by atoms with van der Waals surface area (Å²) in [5, 5.41) is 10.0. The van der Waals surface area contributed by atoms with Crippen molar-refractivity contribution in [3.8, 4) is 0 Å². The molecule has 0 radical (unpaired) electrons. The number of nitrogens with one attached hydrogen (secondary N) is 5. The lowest BCUT2D eigenvalue weighted by molar-refractivity contribution is -0.175. The number of rotatable bonds is 18. The summed E-state index contributed by atoms with van der Waals surface area (Å²) in [4.78, 5) is 57.3. The lowest BCUT2D eigenvalue weighted by atomic mass is 9.75. The maximum atomic E-state index is 14.8. The number of nitrogens with zero attached hydrogens (tertiary/aromatic N) is 5. The van der Waals surface area contributed by atoms with E-state index >= 15 is 0 Å². The molecule has 4 atom stereocenters. The van der Waals surface area contributed by atoms with Gasteiger partial charge in [-0.3, -0.25) is 9.59 Å². The molecule has 4 saturated heterocycles. The van der Waals surface area contributed by atoms with Crippen LogP contribution in [0.15, 0.2) is 70.7 Å². The van der Waals surface area contributed by atoms with Crippen LogP contribution in [-0.4, -0.2) is 124 Å². The Bertz CT molecular complexity index is 3620. The second-order valence-corrected chi connectivity index (χ2v) is 37.0. The third kappa shape index (κ3) is 21.3. The molecule has 0 aromatic carbocycles. The molecular formula is C71H108F2N10O10S2. The van der Waals surface area contributed by atoms with E-state index in [1.54, 1.807) is 24.3 Å². The van der Waals surface area contributed by atoms with Crippen LogP contribution in [0.5, 0.6) is 0 Å². The number of hydrogen-bond donors (Lipinski definition) is 5. The van der Waals surface area contributed by atoms with Crippen molar-refractivity contribution < 1.29 is 54.2 Å². The number of amides is 3. The number of halogens is 2. The molecule has 24 heteroatoms. The summed E-state index contributed by atoms with van der Waals surface area (Å²) in [7, 11) is -8.86. The van der Waals surface area contributed by atoms with E-state index in [1.165, 1.54) is 36.4 Å². The minimum absolute atomic E-state index is 0.0303. The summed E-state index contributed by atoms with van der Waals surface area (Å²) in [6, 6.07) is 14.6. The summed E-state index contributed by atoms with van der Waals surface area (Å²) in [5.74, 6) is -2.36. The molecule has 4 fully saturated rings. The maximum absolute atomic E-state index is 14.8. The molecule has 0 saturated carbocycles. The Balaban J connectivity index is 0.000000271. The van der Waals surface area contributed by atoms with Crippen LogP contribution in [0.4, 0.5) is 25.2 Å². The van der Waals surface area contributed by atoms with Gasteiger partial charge in [-0.15, -0.1) is 0 Å². The first-order valence-corrected chi connectivity index (χ1v) is 36.4. The first-order chi connectivity index (χ1) is 43.3. The zero-order valence-corrected chi connectivity index (χ0v) is 61.7. The Morgan fingerprint density at radius 2 is 0.958 bits per heavy atom. The van der Waals surface area contributed by atoms with E-state index in [0.717, 1.165) is 70.8 Å². The van der Waals surface area contributed by atoms with Gasteiger partial charge in [-0.1, -0.05) is 53.7 Å². The fourth-order valence-electron chi connectivity index (χ4n) is 14.5. The Morgan fingerprint density at radius 1 is 0.568 bits per heavy atom. The highest BCUT2D eigenvalue weighted by molar-refractivity contribution is 7.90. The van der Waals surface area contributed by atoms with Gasteiger partial charge in [0.1, 0.15) is 17.2 Å². The average Bonchev–Trinajstić information content (AvgIpc) is 1.69. The second kappa shape index (κ2) is 28.1. The van der Waals surface area contributed by atoms with Crippen molar-refractivity contribution >= 4 is 49.6 Å². The van der Waals surface area contributed by atoms with Gasteiger partial charge in [-0.05, 0) is 247 Å². The normalized spacial score (nSPS) is 21.7. The summed E-state index contributed by atoms with van der Waals surface area (Å²) in [5.41, 5.74) is -3.14. The van der Waals surface area contributed by atoms with Gasteiger partial charge in [0.15, 0.2) is 10.1 Å². The van der Waals surface area contributed by atoms with Crippen LogP contribution < -0.4 is 25.4 Å². The highest BCUT2D eigenvalue weighted by Crippen LogP contribution is 2.45. The molecule has 0 bridgehead atoms. The summed E-state index contributed by atoms with van der Waals surface area (Å²) in [6.07, 6.45) is 8.34. The summed E-state index contributed by atoms with van der Waals surface area (Å²) in [6.45, 7) is 43.7. The molecule has 3 amide bonds. The number of ether oxygens (including phenoxy) is 3. The molecule has 8 heterocycles. The van der Waals surface area contributed by atoms with Gasteiger partial charge in [-0.25, -0.2) is 34.2 Å². The number of carbonyl (C=O) groups excluding carboxylic acids is 3. The monoisotopic (exact) mass is 1360 g/mol. The molecule has 4 aromatic heterocycles. The fraction of sp³-hybridized carbons (Fsp3) is 0.676. The summed E-state index contributed by atoms with van der Waals surface area (Å²) >= 11 is 0. The molecule has 528 valence electrons. The lowest BCUT2D eigenvalue weighted by Crippen LogP contribution is -2.49. The topological polar surface area (TPSA) is 262 Å². The summed E-state index contributed by atoms with van der Waals surface area (Å²) < 4.78 is 105. The van der Waals surface area contributed by atoms with E-state index in [4.69, 9.17) is 14.2 Å². The highest BCUT2D eigenvalue weighted by atomic mass is 32.2. The Labute approximate surface area is 564 Å². The van der Waals surface area contributed by atoms with Crippen LogP contribution in [0.2, 0.25) is 0 Å². The predicted molar refractivity (Wildman–Crippen MR) is 366 cm³/mol. The third-order valence-corrected chi connectivity index (χ3v) is 20.6. The van der Waals surface area contributed by atoms with Gasteiger partial charge >= 0.3 is 6.09 Å². The molecule has 4 aromatic rings. The van der Waals surface area contributed by atoms with Gasteiger partial charge < -0.3 is 35.1 Å². The van der Waals surface area contributed by atoms with Crippen LogP contribution in [0.3, 0.4) is 0 Å². The number of hydrogen-bond acceptors (Lipinski definition) is 17. The first-order valence-electron chi connectivity index (χ1n) is 33.4. The van der Waals surface area contributed by atoms with Crippen LogP contribution >= 0.6 is 0 Å². The van der Waals surface area contributed by atoms with Gasteiger partial charge in [0, 0.05) is 51.9 Å². The zero-order valence-electron chi connectivity index (χ0n) is 60.1. The SMILES string of the molecule is CC(C)(C)OC(=O)N1C[C@@H](CCC(Nc2cccc(S(=O)(=O)NC(=O)c3ccc(C(C)(C)C)nc3F)n2)C2CC(C)(C)OC(C)(C)C2)CC1(C)C.CC1(C)C[C@H](CCC(Nc2cccc(S(=O)(=O)NC(=O)c3ccc(C(C)(C)C)nc3F)n2)C2CC(C)(C)OC(C)(C)C2)CN1. The van der Waals surface area contributed by atoms with Crippen LogP contribution in [0.25, 0.3) is 0 Å². The van der Waals surface area contributed by atoms with Gasteiger partial charge in [0.2, 0.25) is 11.9 Å². The van der Waals surface area contributed by atoms with E-state index in [2.05, 4.69) is 119 Å². The minimum Gasteiger partial charge on any atom is -0.444 e. The van der Waals surface area contributed by atoms with Crippen LogP contribution in [0.1, 0.15) is 242 Å². The van der Waals surface area contributed by atoms with Crippen molar-refractivity contribution in [2.75, 3.05) is 23.7 Å². The molecule has 5 N–H and O–H groups in total. The van der Waals surface area contributed by atoms with Gasteiger partial charge in [0.25, 0.3) is 31.9 Å². The number of sulfonamides is 2. The molecule has 4 aliphatic rings. The first kappa shape index (κ1) is 76.4. The maximum Gasteiger partial charge on any atom is 0.410 e. The van der Waals surface area contributed by atoms with Gasteiger partial charge in [-0.2, -0.15) is 25.6 Å². The standard InChI is InChI=1S/C38H58FN5O6S.C33H50FN5O4S/c1-34(2,3)28-19-17-26(31(39)41-28)32(45)43-51(47,48)30-15-13-14-29(42-30)40-27(25-21-37(9,10)50-38(11,12)22-25)18-16-24-20-36(7,8)44(23-24)33(46)49-35(4,5)6;1-30(2,3)25-16-14-23(28(34)37-25)29(40)39-44(41,42)27-12-10-11-26(38-27)36-24(15-13-21-17-31(4,5)35-20-21)22-18-32(6,7)43-33(8,9)19-22/h13-15,17,19,24-25,27H,16,18,20-23H2,1-12H3,(H,40,42)(H,43,45);10-12,14,16,21-22,24,35H,13,15,17-20H2,1-9H3,(H,36,38)(H,39,40)/t24-,27?;21-,24?/m00/s1. The number of carbonyl (C=O) groups is 3. The van der Waals surface area contributed by atoms with E-state index in [1.807, 2.05) is 76.7 Å².